The van der Waals surface area contributed by atoms with E-state index in [1.54, 1.807) is 13.3 Å². The monoisotopic (exact) mass is 345 g/mol. The van der Waals surface area contributed by atoms with E-state index in [1.807, 2.05) is 0 Å². The molecule has 1 fully saturated rings. The summed E-state index contributed by atoms with van der Waals surface area (Å²) in [5, 5.41) is 0. The third-order valence-electron chi connectivity index (χ3n) is 2.93. The number of aromatic nitrogens is 2. The van der Waals surface area contributed by atoms with Gasteiger partial charge in [-0.15, -0.1) is 0 Å². The molecular weight excluding hydrogens is 330 g/mol. The smallest absolute Gasteiger partial charge is 0.232 e. The molecule has 1 aromatic rings. The van der Waals surface area contributed by atoms with Crippen LogP contribution in [-0.2, 0) is 0 Å². The number of anilines is 1. The normalized spacial score (nSPS) is 16.4. The van der Waals surface area contributed by atoms with Gasteiger partial charge in [0.15, 0.2) is 0 Å². The van der Waals surface area contributed by atoms with Crippen molar-refractivity contribution in [2.45, 2.75) is 0 Å². The Hall–Kier alpha value is -0.990. The molecule has 104 valence electrons. The van der Waals surface area contributed by atoms with Gasteiger partial charge in [0, 0.05) is 32.7 Å². The van der Waals surface area contributed by atoms with Crippen LogP contribution in [0.3, 0.4) is 0 Å². The van der Waals surface area contributed by atoms with Crippen LogP contribution in [0, 0.1) is 0 Å². The molecule has 2 rings (SSSR count). The third-order valence-corrected chi connectivity index (χ3v) is 3.60. The van der Waals surface area contributed by atoms with Gasteiger partial charge in [0.05, 0.1) is 22.8 Å². The number of nitrogens with zero attached hydrogens (tertiary/aromatic N) is 4. The second kappa shape index (κ2) is 6.44. The minimum Gasteiger partial charge on any atom is -0.480 e. The molecule has 0 radical (unpaired) electrons. The van der Waals surface area contributed by atoms with E-state index in [2.05, 4.69) is 35.7 Å². The Labute approximate surface area is 126 Å². The molecule has 1 saturated heterocycles. The molecule has 0 saturated carbocycles. The largest absolute Gasteiger partial charge is 0.480 e. The van der Waals surface area contributed by atoms with Crippen molar-refractivity contribution in [2.75, 3.05) is 44.7 Å². The van der Waals surface area contributed by atoms with E-state index in [0.717, 1.165) is 30.7 Å². The number of halogens is 1. The molecule has 0 spiro atoms. The molecule has 2 heterocycles. The molecular formula is C11H16BrN5OS. The highest BCUT2D eigenvalue weighted by Gasteiger charge is 2.20. The molecule has 0 amide bonds. The molecule has 8 heteroatoms. The Balaban J connectivity index is 1.99. The van der Waals surface area contributed by atoms with Gasteiger partial charge in [-0.3, -0.25) is 4.90 Å². The summed E-state index contributed by atoms with van der Waals surface area (Å²) in [7, 11) is 1.59. The average Bonchev–Trinajstić information content (AvgIpc) is 2.40. The molecule has 19 heavy (non-hydrogen) atoms. The van der Waals surface area contributed by atoms with Gasteiger partial charge in [-0.2, -0.15) is 4.98 Å². The van der Waals surface area contributed by atoms with Gasteiger partial charge >= 0.3 is 0 Å². The van der Waals surface area contributed by atoms with E-state index in [4.69, 9.17) is 22.7 Å². The van der Waals surface area contributed by atoms with Gasteiger partial charge in [0.25, 0.3) is 0 Å². The number of ether oxygens (including phenoxy) is 1. The lowest BCUT2D eigenvalue weighted by Gasteiger charge is -2.34. The zero-order valence-corrected chi connectivity index (χ0v) is 13.1. The fourth-order valence-electron chi connectivity index (χ4n) is 1.96. The predicted octanol–water partition coefficient (Wildman–Crippen LogP) is 0.656. The van der Waals surface area contributed by atoms with E-state index in [9.17, 15) is 0 Å². The maximum absolute atomic E-state index is 5.55. The van der Waals surface area contributed by atoms with Crippen molar-refractivity contribution >= 4 is 39.1 Å². The molecule has 2 N–H and O–H groups in total. The first-order valence-electron chi connectivity index (χ1n) is 5.92. The summed E-state index contributed by atoms with van der Waals surface area (Å²) in [6.45, 7) is 4.19. The molecule has 1 aliphatic rings. The van der Waals surface area contributed by atoms with E-state index in [0.29, 0.717) is 23.4 Å². The number of methoxy groups -OCH3 is 1. The summed E-state index contributed by atoms with van der Waals surface area (Å²) in [5.74, 6) is 1.24. The number of hydrogen-bond acceptors (Lipinski definition) is 6. The lowest BCUT2D eigenvalue weighted by Crippen LogP contribution is -2.49. The zero-order valence-electron chi connectivity index (χ0n) is 10.7. The summed E-state index contributed by atoms with van der Waals surface area (Å²) < 4.78 is 5.94. The molecule has 0 unspecified atom stereocenters. The Bertz CT molecular complexity index is 464. The first kappa shape index (κ1) is 14.4. The number of piperazine rings is 1. The third kappa shape index (κ3) is 3.74. The Morgan fingerprint density at radius 2 is 2.16 bits per heavy atom. The highest BCUT2D eigenvalue weighted by molar-refractivity contribution is 9.10. The van der Waals surface area contributed by atoms with Gasteiger partial charge in [-0.25, -0.2) is 4.98 Å². The fourth-order valence-corrected chi connectivity index (χ4v) is 2.50. The van der Waals surface area contributed by atoms with Crippen LogP contribution >= 0.6 is 28.1 Å². The SMILES string of the molecule is COc1nc(N2CCN(CC(N)=S)CC2)ncc1Br. The van der Waals surface area contributed by atoms with Crippen LogP contribution in [-0.4, -0.2) is 59.7 Å². The number of hydrogen-bond donors (Lipinski definition) is 1. The van der Waals surface area contributed by atoms with Crippen LogP contribution in [0.25, 0.3) is 0 Å². The summed E-state index contributed by atoms with van der Waals surface area (Å²) in [5.41, 5.74) is 5.55. The van der Waals surface area contributed by atoms with Gasteiger partial charge in [-0.1, -0.05) is 12.2 Å². The van der Waals surface area contributed by atoms with E-state index >= 15 is 0 Å². The minimum atomic E-state index is 0.537. The van der Waals surface area contributed by atoms with Crippen LogP contribution in [0.2, 0.25) is 0 Å². The zero-order chi connectivity index (χ0) is 13.8. The molecule has 1 aliphatic heterocycles. The molecule has 6 nitrogen and oxygen atoms in total. The molecule has 0 aromatic carbocycles. The lowest BCUT2D eigenvalue weighted by atomic mass is 10.3. The van der Waals surface area contributed by atoms with Crippen molar-refractivity contribution in [3.8, 4) is 5.88 Å². The van der Waals surface area contributed by atoms with Crippen molar-refractivity contribution in [1.29, 1.82) is 0 Å². The number of thiocarbonyl (C=S) groups is 1. The van der Waals surface area contributed by atoms with Gasteiger partial charge in [0.1, 0.15) is 0 Å². The topological polar surface area (TPSA) is 67.5 Å². The van der Waals surface area contributed by atoms with Crippen molar-refractivity contribution < 1.29 is 4.74 Å². The fraction of sp³-hybridized carbons (Fsp3) is 0.545. The summed E-state index contributed by atoms with van der Waals surface area (Å²) >= 11 is 8.27. The first-order chi connectivity index (χ1) is 9.10. The standard InChI is InChI=1S/C11H16BrN5OS/c1-18-10-8(12)6-14-11(15-10)17-4-2-16(3-5-17)7-9(13)19/h6H,2-5,7H2,1H3,(H2,13,19). The maximum atomic E-state index is 5.55. The number of rotatable bonds is 4. The van der Waals surface area contributed by atoms with Gasteiger partial charge in [-0.05, 0) is 15.9 Å². The lowest BCUT2D eigenvalue weighted by molar-refractivity contribution is 0.290. The van der Waals surface area contributed by atoms with Crippen molar-refractivity contribution in [3.63, 3.8) is 0 Å². The van der Waals surface area contributed by atoms with E-state index in [1.165, 1.54) is 0 Å². The molecule has 0 aliphatic carbocycles. The van der Waals surface area contributed by atoms with Crippen molar-refractivity contribution in [2.24, 2.45) is 5.73 Å². The Kier molecular flexibility index (Phi) is 4.89. The molecule has 0 atom stereocenters. The summed E-state index contributed by atoms with van der Waals surface area (Å²) in [4.78, 5) is 13.6. The summed E-state index contributed by atoms with van der Waals surface area (Å²) in [6, 6.07) is 0. The second-order valence-corrected chi connectivity index (χ2v) is 5.64. The van der Waals surface area contributed by atoms with Crippen LogP contribution in [0.15, 0.2) is 10.7 Å². The Morgan fingerprint density at radius 1 is 1.47 bits per heavy atom. The van der Waals surface area contributed by atoms with Gasteiger partial charge in [0.2, 0.25) is 11.8 Å². The first-order valence-corrected chi connectivity index (χ1v) is 7.12. The summed E-state index contributed by atoms with van der Waals surface area (Å²) in [6.07, 6.45) is 1.71. The van der Waals surface area contributed by atoms with Crippen molar-refractivity contribution in [3.05, 3.63) is 10.7 Å². The van der Waals surface area contributed by atoms with Crippen LogP contribution in [0.4, 0.5) is 5.95 Å². The predicted molar refractivity (Wildman–Crippen MR) is 81.7 cm³/mol. The highest BCUT2D eigenvalue weighted by atomic mass is 79.9. The van der Waals surface area contributed by atoms with Crippen LogP contribution in [0.5, 0.6) is 5.88 Å². The maximum Gasteiger partial charge on any atom is 0.232 e. The quantitative estimate of drug-likeness (QED) is 0.803. The van der Waals surface area contributed by atoms with Crippen LogP contribution < -0.4 is 15.4 Å². The van der Waals surface area contributed by atoms with E-state index < -0.39 is 0 Å². The van der Waals surface area contributed by atoms with Crippen LogP contribution in [0.1, 0.15) is 0 Å². The molecule has 1 aromatic heterocycles. The molecule has 0 bridgehead atoms. The second-order valence-electron chi connectivity index (χ2n) is 4.26. The highest BCUT2D eigenvalue weighted by Crippen LogP contribution is 2.23. The minimum absolute atomic E-state index is 0.537. The number of nitrogens with two attached hydrogens (primary N) is 1. The average molecular weight is 346 g/mol. The Morgan fingerprint density at radius 3 is 2.74 bits per heavy atom. The van der Waals surface area contributed by atoms with Crippen molar-refractivity contribution in [1.82, 2.24) is 14.9 Å². The van der Waals surface area contributed by atoms with E-state index in [-0.39, 0.29) is 0 Å². The van der Waals surface area contributed by atoms with Gasteiger partial charge < -0.3 is 15.4 Å².